The Morgan fingerprint density at radius 2 is 2.00 bits per heavy atom. The Kier molecular flexibility index (Phi) is 5.46. The minimum Gasteiger partial charge on any atom is -0.494 e. The van der Waals surface area contributed by atoms with Gasteiger partial charge in [0, 0.05) is 28.6 Å². The van der Waals surface area contributed by atoms with E-state index in [4.69, 9.17) is 30.5 Å². The van der Waals surface area contributed by atoms with Crippen molar-refractivity contribution < 1.29 is 13.9 Å². The molecule has 2 heterocycles. The Bertz CT molecular complexity index is 989. The van der Waals surface area contributed by atoms with Crippen molar-refractivity contribution in [3.8, 4) is 17.1 Å². The number of fused-ring (bicyclic) bond motifs is 1. The Hall–Kier alpha value is -2.30. The molecule has 140 valence electrons. The molecular formula is C22H22ClNO3. The van der Waals surface area contributed by atoms with Gasteiger partial charge < -0.3 is 13.9 Å². The zero-order valence-corrected chi connectivity index (χ0v) is 16.0. The second-order valence-electron chi connectivity index (χ2n) is 6.57. The Balaban J connectivity index is 1.82. The average Bonchev–Trinajstić information content (AvgIpc) is 3.20. The summed E-state index contributed by atoms with van der Waals surface area (Å²) < 4.78 is 17.5. The summed E-state index contributed by atoms with van der Waals surface area (Å²) in [7, 11) is 0. The zero-order valence-electron chi connectivity index (χ0n) is 15.3. The van der Waals surface area contributed by atoms with E-state index in [0.29, 0.717) is 18.2 Å². The highest BCUT2D eigenvalue weighted by molar-refractivity contribution is 6.30. The van der Waals surface area contributed by atoms with Gasteiger partial charge in [-0.1, -0.05) is 11.6 Å². The monoisotopic (exact) mass is 383 g/mol. The molecule has 0 amide bonds. The van der Waals surface area contributed by atoms with Crippen LogP contribution in [0.4, 0.5) is 0 Å². The second kappa shape index (κ2) is 8.15. The van der Waals surface area contributed by atoms with E-state index in [1.54, 1.807) is 0 Å². The fourth-order valence-electron chi connectivity index (χ4n) is 3.28. The van der Waals surface area contributed by atoms with E-state index in [0.717, 1.165) is 52.8 Å². The van der Waals surface area contributed by atoms with Crippen molar-refractivity contribution in [2.24, 2.45) is 4.99 Å². The third-order valence-electron chi connectivity index (χ3n) is 4.64. The van der Waals surface area contributed by atoms with Gasteiger partial charge in [-0.3, -0.25) is 4.99 Å². The van der Waals surface area contributed by atoms with Gasteiger partial charge in [-0.05, 0) is 62.2 Å². The smallest absolute Gasteiger partial charge is 0.137 e. The van der Waals surface area contributed by atoms with Gasteiger partial charge in [-0.15, -0.1) is 0 Å². The van der Waals surface area contributed by atoms with Crippen LogP contribution in [0.1, 0.15) is 19.8 Å². The molecule has 0 radical (unpaired) electrons. The van der Waals surface area contributed by atoms with Crippen molar-refractivity contribution in [3.05, 3.63) is 58.9 Å². The van der Waals surface area contributed by atoms with Crippen LogP contribution in [0.5, 0.6) is 5.75 Å². The molecule has 0 unspecified atom stereocenters. The summed E-state index contributed by atoms with van der Waals surface area (Å²) in [6.45, 7) is 4.07. The van der Waals surface area contributed by atoms with Crippen molar-refractivity contribution in [1.29, 1.82) is 0 Å². The molecule has 4 rings (SSSR count). The van der Waals surface area contributed by atoms with Gasteiger partial charge in [0.05, 0.1) is 24.6 Å². The van der Waals surface area contributed by atoms with Crippen LogP contribution in [0, 0.1) is 0 Å². The Morgan fingerprint density at radius 3 is 2.74 bits per heavy atom. The maximum absolute atomic E-state index is 6.14. The van der Waals surface area contributed by atoms with Crippen LogP contribution < -0.4 is 10.1 Å². The minimum atomic E-state index is 0.200. The SMILES string of the molecule is CCOc1ccc2oc(-c3ccc(Cl)cc3)cc(=NC[C@H]3CCCO3)c2c1. The predicted octanol–water partition coefficient (Wildman–Crippen LogP) is 5.23. The molecule has 1 aliphatic rings. The van der Waals surface area contributed by atoms with Crippen molar-refractivity contribution in [3.63, 3.8) is 0 Å². The first-order valence-electron chi connectivity index (χ1n) is 9.31. The first kappa shape index (κ1) is 18.1. The third-order valence-corrected chi connectivity index (χ3v) is 4.90. The van der Waals surface area contributed by atoms with Crippen LogP contribution in [-0.4, -0.2) is 25.9 Å². The van der Waals surface area contributed by atoms with Gasteiger partial charge in [0.15, 0.2) is 0 Å². The van der Waals surface area contributed by atoms with Crippen molar-refractivity contribution >= 4 is 22.6 Å². The normalized spacial score (nSPS) is 17.6. The number of hydrogen-bond donors (Lipinski definition) is 0. The molecule has 0 aliphatic carbocycles. The lowest BCUT2D eigenvalue weighted by Crippen LogP contribution is -2.13. The lowest BCUT2D eigenvalue weighted by Gasteiger charge is -2.09. The quantitative estimate of drug-likeness (QED) is 0.605. The molecule has 3 aromatic rings. The van der Waals surface area contributed by atoms with E-state index in [9.17, 15) is 0 Å². The van der Waals surface area contributed by atoms with Gasteiger partial charge in [0.1, 0.15) is 17.1 Å². The molecule has 1 fully saturated rings. The Morgan fingerprint density at radius 1 is 1.15 bits per heavy atom. The van der Waals surface area contributed by atoms with Crippen molar-refractivity contribution in [1.82, 2.24) is 0 Å². The van der Waals surface area contributed by atoms with Gasteiger partial charge in [-0.2, -0.15) is 0 Å². The fraction of sp³-hybridized carbons (Fsp3) is 0.318. The summed E-state index contributed by atoms with van der Waals surface area (Å²) in [5, 5.41) is 2.53. The van der Waals surface area contributed by atoms with Gasteiger partial charge in [0.25, 0.3) is 0 Å². The lowest BCUT2D eigenvalue weighted by molar-refractivity contribution is 0.117. The molecule has 0 bridgehead atoms. The predicted molar refractivity (Wildman–Crippen MR) is 107 cm³/mol. The van der Waals surface area contributed by atoms with E-state index in [1.165, 1.54) is 0 Å². The van der Waals surface area contributed by atoms with Crippen LogP contribution in [0.2, 0.25) is 5.02 Å². The zero-order chi connectivity index (χ0) is 18.6. The number of rotatable bonds is 5. The highest BCUT2D eigenvalue weighted by Crippen LogP contribution is 2.26. The third kappa shape index (κ3) is 4.18. The van der Waals surface area contributed by atoms with E-state index in [2.05, 4.69) is 0 Å². The van der Waals surface area contributed by atoms with Gasteiger partial charge >= 0.3 is 0 Å². The number of ether oxygens (including phenoxy) is 2. The van der Waals surface area contributed by atoms with Gasteiger partial charge in [0.2, 0.25) is 0 Å². The van der Waals surface area contributed by atoms with Crippen LogP contribution in [-0.2, 0) is 4.74 Å². The highest BCUT2D eigenvalue weighted by Gasteiger charge is 2.15. The average molecular weight is 384 g/mol. The Labute approximate surface area is 163 Å². The molecule has 0 N–H and O–H groups in total. The van der Waals surface area contributed by atoms with Crippen LogP contribution >= 0.6 is 11.6 Å². The van der Waals surface area contributed by atoms with E-state index < -0.39 is 0 Å². The molecule has 5 heteroatoms. The molecule has 0 spiro atoms. The molecule has 4 nitrogen and oxygen atoms in total. The topological polar surface area (TPSA) is 44.0 Å². The van der Waals surface area contributed by atoms with Crippen LogP contribution in [0.15, 0.2) is 57.9 Å². The molecule has 2 aromatic carbocycles. The van der Waals surface area contributed by atoms with Crippen molar-refractivity contribution in [2.75, 3.05) is 19.8 Å². The highest BCUT2D eigenvalue weighted by atomic mass is 35.5. The first-order valence-corrected chi connectivity index (χ1v) is 9.69. The first-order chi connectivity index (χ1) is 13.2. The summed E-state index contributed by atoms with van der Waals surface area (Å²) in [5.41, 5.74) is 1.74. The maximum atomic E-state index is 6.14. The summed E-state index contributed by atoms with van der Waals surface area (Å²) in [5.74, 6) is 1.57. The van der Waals surface area contributed by atoms with Crippen molar-refractivity contribution in [2.45, 2.75) is 25.9 Å². The molecular weight excluding hydrogens is 362 g/mol. The molecule has 1 aromatic heterocycles. The summed E-state index contributed by atoms with van der Waals surface area (Å²) in [4.78, 5) is 4.85. The summed E-state index contributed by atoms with van der Waals surface area (Å²) in [6, 6.07) is 15.4. The van der Waals surface area contributed by atoms with Crippen LogP contribution in [0.25, 0.3) is 22.3 Å². The fourth-order valence-corrected chi connectivity index (χ4v) is 3.41. The van der Waals surface area contributed by atoms with E-state index in [1.807, 2.05) is 55.5 Å². The van der Waals surface area contributed by atoms with Gasteiger partial charge in [-0.25, -0.2) is 0 Å². The number of hydrogen-bond acceptors (Lipinski definition) is 4. The molecule has 1 atom stereocenters. The molecule has 1 aliphatic heterocycles. The lowest BCUT2D eigenvalue weighted by atomic mass is 10.1. The largest absolute Gasteiger partial charge is 0.494 e. The molecule has 27 heavy (non-hydrogen) atoms. The van der Waals surface area contributed by atoms with E-state index in [-0.39, 0.29) is 6.10 Å². The van der Waals surface area contributed by atoms with E-state index >= 15 is 0 Å². The standard InChI is InChI=1S/C22H22ClNO3/c1-2-25-17-9-10-21-19(12-17)20(24-14-18-4-3-11-26-18)13-22(27-21)15-5-7-16(23)8-6-15/h5-10,12-13,18H,2-4,11,14H2,1H3/t18-/m1/s1. The number of benzene rings is 2. The summed E-state index contributed by atoms with van der Waals surface area (Å²) in [6.07, 6.45) is 2.37. The number of halogens is 1. The second-order valence-corrected chi connectivity index (χ2v) is 7.01. The summed E-state index contributed by atoms with van der Waals surface area (Å²) >= 11 is 6.02. The molecule has 1 saturated heterocycles. The molecule has 0 saturated carbocycles. The maximum Gasteiger partial charge on any atom is 0.137 e. The minimum absolute atomic E-state index is 0.200. The van der Waals surface area contributed by atoms with Crippen LogP contribution in [0.3, 0.4) is 0 Å². The number of nitrogens with zero attached hydrogens (tertiary/aromatic N) is 1.